The van der Waals surface area contributed by atoms with Gasteiger partial charge < -0.3 is 23.7 Å². The molecule has 1 atom stereocenters. The molecule has 0 unspecified atom stereocenters. The van der Waals surface area contributed by atoms with Crippen molar-refractivity contribution in [2.24, 2.45) is 0 Å². The second-order valence-corrected chi connectivity index (χ2v) is 9.11. The van der Waals surface area contributed by atoms with Gasteiger partial charge in [0.1, 0.15) is 18.0 Å². The van der Waals surface area contributed by atoms with E-state index in [0.717, 1.165) is 22.2 Å². The van der Waals surface area contributed by atoms with Crippen LogP contribution in [0.3, 0.4) is 0 Å². The maximum atomic E-state index is 12.0. The number of nitrogens with zero attached hydrogens (tertiary/aromatic N) is 4. The fourth-order valence-electron chi connectivity index (χ4n) is 4.65. The van der Waals surface area contributed by atoms with E-state index in [1.807, 2.05) is 38.1 Å². The van der Waals surface area contributed by atoms with Gasteiger partial charge in [0.05, 0.1) is 42.0 Å². The van der Waals surface area contributed by atoms with Crippen molar-refractivity contribution in [2.75, 3.05) is 25.2 Å². The summed E-state index contributed by atoms with van der Waals surface area (Å²) in [4.78, 5) is 26.4. The zero-order chi connectivity index (χ0) is 26.4. The van der Waals surface area contributed by atoms with Crippen LogP contribution in [0.5, 0.6) is 17.4 Å². The Kier molecular flexibility index (Phi) is 5.71. The second kappa shape index (κ2) is 9.22. The molecule has 2 aromatic carbocycles. The predicted molar refractivity (Wildman–Crippen MR) is 140 cm³/mol. The summed E-state index contributed by atoms with van der Waals surface area (Å²) in [6, 6.07) is 12.8. The molecule has 1 amide bonds. The van der Waals surface area contributed by atoms with Crippen LogP contribution in [-0.2, 0) is 0 Å². The molecule has 0 fully saturated rings. The summed E-state index contributed by atoms with van der Waals surface area (Å²) < 4.78 is 23.7. The lowest BCUT2D eigenvalue weighted by molar-refractivity contribution is 0.0960. The number of carboxylic acid groups (broad SMARTS) is 1. The summed E-state index contributed by atoms with van der Waals surface area (Å²) in [6.07, 6.45) is 1.59. The molecule has 10 heteroatoms. The maximum absolute atomic E-state index is 12.0. The number of methoxy groups -OCH3 is 1. The summed E-state index contributed by atoms with van der Waals surface area (Å²) in [5, 5.41) is 10.6. The van der Waals surface area contributed by atoms with Crippen LogP contribution in [0.4, 0.5) is 10.5 Å². The van der Waals surface area contributed by atoms with Gasteiger partial charge in [-0.3, -0.25) is 9.88 Å². The number of amides is 1. The number of carbonyl (C=O) groups is 1. The van der Waals surface area contributed by atoms with Crippen LogP contribution in [-0.4, -0.2) is 52.5 Å². The van der Waals surface area contributed by atoms with Crippen molar-refractivity contribution in [3.63, 3.8) is 0 Å². The van der Waals surface area contributed by atoms with Gasteiger partial charge in [0.25, 0.3) is 0 Å². The van der Waals surface area contributed by atoms with Gasteiger partial charge in [-0.05, 0) is 61.9 Å². The average molecular weight is 513 g/mol. The lowest BCUT2D eigenvalue weighted by Crippen LogP contribution is -2.43. The first-order chi connectivity index (χ1) is 18.4. The first-order valence-electron chi connectivity index (χ1n) is 12.0. The molecule has 0 bridgehead atoms. The third-order valence-corrected chi connectivity index (χ3v) is 6.37. The van der Waals surface area contributed by atoms with Crippen LogP contribution >= 0.6 is 0 Å². The molecule has 4 heterocycles. The Bertz CT molecular complexity index is 1700. The molecule has 6 rings (SSSR count). The van der Waals surface area contributed by atoms with Crippen molar-refractivity contribution >= 4 is 33.8 Å². The molecule has 0 aliphatic carbocycles. The first kappa shape index (κ1) is 23.5. The lowest BCUT2D eigenvalue weighted by Gasteiger charge is -2.30. The summed E-state index contributed by atoms with van der Waals surface area (Å²) in [7, 11) is 1.56. The average Bonchev–Trinajstić information content (AvgIpc) is 3.35. The quantitative estimate of drug-likeness (QED) is 0.330. The number of furan rings is 1. The van der Waals surface area contributed by atoms with Crippen molar-refractivity contribution in [2.45, 2.75) is 20.0 Å². The van der Waals surface area contributed by atoms with E-state index in [4.69, 9.17) is 18.6 Å². The van der Waals surface area contributed by atoms with Gasteiger partial charge in [-0.1, -0.05) is 0 Å². The Labute approximate surface area is 217 Å². The van der Waals surface area contributed by atoms with Crippen molar-refractivity contribution in [3.8, 4) is 28.7 Å². The van der Waals surface area contributed by atoms with Crippen LogP contribution < -0.4 is 19.1 Å². The highest BCUT2D eigenvalue weighted by Gasteiger charge is 2.29. The van der Waals surface area contributed by atoms with Crippen molar-refractivity contribution in [1.82, 2.24) is 15.0 Å². The molecule has 192 valence electrons. The summed E-state index contributed by atoms with van der Waals surface area (Å²) in [6.45, 7) is 4.08. The maximum Gasteiger partial charge on any atom is 0.411 e. The van der Waals surface area contributed by atoms with Crippen molar-refractivity contribution < 1.29 is 28.5 Å². The minimum atomic E-state index is -1.08. The topological polar surface area (TPSA) is 120 Å². The van der Waals surface area contributed by atoms with Crippen LogP contribution in [0.15, 0.2) is 59.3 Å². The van der Waals surface area contributed by atoms with E-state index in [1.54, 1.807) is 37.7 Å². The Morgan fingerprint density at radius 1 is 1.16 bits per heavy atom. The SMILES string of the molecule is COc1cnc2c(-c3cc4c5c(ccc4o3)O[C@H](CN(C(=O)O)c3ccnc(C)c3)CO5)cc(C)cc2n1. The Hall–Kier alpha value is -4.86. The number of hydrogen-bond acceptors (Lipinski definition) is 8. The molecular formula is C28H24N4O6. The van der Waals surface area contributed by atoms with E-state index in [2.05, 4.69) is 15.0 Å². The van der Waals surface area contributed by atoms with E-state index >= 15 is 0 Å². The molecule has 1 aliphatic rings. The fraction of sp³-hybridized carbons (Fsp3) is 0.214. The van der Waals surface area contributed by atoms with Crippen molar-refractivity contribution in [3.05, 3.63) is 66.1 Å². The van der Waals surface area contributed by atoms with Gasteiger partial charge in [0.15, 0.2) is 17.6 Å². The molecule has 0 saturated carbocycles. The van der Waals surface area contributed by atoms with Crippen LogP contribution in [0.1, 0.15) is 11.3 Å². The fourth-order valence-corrected chi connectivity index (χ4v) is 4.65. The highest BCUT2D eigenvalue weighted by atomic mass is 16.6. The molecule has 38 heavy (non-hydrogen) atoms. The summed E-state index contributed by atoms with van der Waals surface area (Å²) in [5.41, 5.74) is 5.10. The van der Waals surface area contributed by atoms with Gasteiger partial charge in [0.2, 0.25) is 5.88 Å². The van der Waals surface area contributed by atoms with E-state index in [9.17, 15) is 9.90 Å². The normalized spacial score (nSPS) is 14.6. The third-order valence-electron chi connectivity index (χ3n) is 6.37. The second-order valence-electron chi connectivity index (χ2n) is 9.11. The number of hydrogen-bond donors (Lipinski definition) is 1. The minimum Gasteiger partial charge on any atom is -0.485 e. The van der Waals surface area contributed by atoms with Gasteiger partial charge >= 0.3 is 6.09 Å². The largest absolute Gasteiger partial charge is 0.485 e. The van der Waals surface area contributed by atoms with Crippen LogP contribution in [0, 0.1) is 13.8 Å². The van der Waals surface area contributed by atoms with Crippen LogP contribution in [0.25, 0.3) is 33.3 Å². The van der Waals surface area contributed by atoms with Gasteiger partial charge in [-0.25, -0.2) is 14.8 Å². The molecule has 5 aromatic rings. The molecule has 0 spiro atoms. The Balaban J connectivity index is 1.32. The summed E-state index contributed by atoms with van der Waals surface area (Å²) in [5.74, 6) is 2.14. The molecule has 10 nitrogen and oxygen atoms in total. The number of aromatic nitrogens is 3. The van der Waals surface area contributed by atoms with E-state index < -0.39 is 12.2 Å². The third kappa shape index (κ3) is 4.19. The van der Waals surface area contributed by atoms with Gasteiger partial charge in [0, 0.05) is 17.5 Å². The highest BCUT2D eigenvalue weighted by Crippen LogP contribution is 2.43. The monoisotopic (exact) mass is 512 g/mol. The molecular weight excluding hydrogens is 488 g/mol. The van der Waals surface area contributed by atoms with Gasteiger partial charge in [-0.15, -0.1) is 0 Å². The molecule has 0 radical (unpaired) electrons. The number of aryl methyl sites for hydroxylation is 2. The molecule has 1 aliphatic heterocycles. The molecule has 0 saturated heterocycles. The number of anilines is 1. The molecule has 1 N–H and O–H groups in total. The minimum absolute atomic E-state index is 0.102. The zero-order valence-electron chi connectivity index (χ0n) is 21.0. The standard InChI is InChI=1S/C28H24N4O6/c1-15-8-19(26-21(9-15)31-25(35-3)12-30-26)24-11-20-22(38-24)4-5-23-27(20)36-14-18(37-23)13-32(28(33)34)17-6-7-29-16(2)10-17/h4-12,18H,13-14H2,1-3H3,(H,33,34)/t18-/m1/s1. The first-order valence-corrected chi connectivity index (χ1v) is 12.0. The number of benzene rings is 2. The number of fused-ring (bicyclic) bond motifs is 4. The number of pyridine rings is 1. The molecule has 3 aromatic heterocycles. The number of ether oxygens (including phenoxy) is 3. The van der Waals surface area contributed by atoms with E-state index in [0.29, 0.717) is 45.4 Å². The van der Waals surface area contributed by atoms with E-state index in [-0.39, 0.29) is 13.2 Å². The Morgan fingerprint density at radius 2 is 2.03 bits per heavy atom. The summed E-state index contributed by atoms with van der Waals surface area (Å²) >= 11 is 0. The number of rotatable bonds is 5. The zero-order valence-corrected chi connectivity index (χ0v) is 21.0. The van der Waals surface area contributed by atoms with Crippen LogP contribution in [0.2, 0.25) is 0 Å². The van der Waals surface area contributed by atoms with E-state index in [1.165, 1.54) is 4.90 Å². The lowest BCUT2D eigenvalue weighted by atomic mass is 10.1. The smallest absolute Gasteiger partial charge is 0.411 e. The Morgan fingerprint density at radius 3 is 2.82 bits per heavy atom. The van der Waals surface area contributed by atoms with Crippen molar-refractivity contribution in [1.29, 1.82) is 0 Å². The highest BCUT2D eigenvalue weighted by molar-refractivity contribution is 5.96. The predicted octanol–water partition coefficient (Wildman–Crippen LogP) is 5.39. The van der Waals surface area contributed by atoms with Gasteiger partial charge in [-0.2, -0.15) is 0 Å².